The van der Waals surface area contributed by atoms with Crippen molar-refractivity contribution in [3.63, 3.8) is 0 Å². The van der Waals surface area contributed by atoms with Crippen LogP contribution in [0.5, 0.6) is 0 Å². The highest BCUT2D eigenvalue weighted by Crippen LogP contribution is 2.47. The smallest absolute Gasteiger partial charge is 0.343 e. The van der Waals surface area contributed by atoms with Gasteiger partial charge in [0.15, 0.2) is 5.60 Å². The van der Waals surface area contributed by atoms with Gasteiger partial charge in [-0.3, -0.25) is 14.4 Å². The van der Waals surface area contributed by atoms with Gasteiger partial charge in [0.25, 0.3) is 5.56 Å². The second-order valence-corrected chi connectivity index (χ2v) is 11.2. The van der Waals surface area contributed by atoms with E-state index in [2.05, 4.69) is 5.32 Å². The number of halogens is 1. The molecule has 6 rings (SSSR count). The first-order valence-corrected chi connectivity index (χ1v) is 14.1. The lowest BCUT2D eigenvalue weighted by Gasteiger charge is -2.35. The Morgan fingerprint density at radius 1 is 1.30 bits per heavy atom. The Morgan fingerprint density at radius 3 is 2.79 bits per heavy atom. The molecule has 2 aromatic heterocycles. The van der Waals surface area contributed by atoms with Crippen LogP contribution in [0.15, 0.2) is 16.9 Å². The summed E-state index contributed by atoms with van der Waals surface area (Å²) in [4.78, 5) is 57.4. The number of pyridine rings is 2. The predicted octanol–water partition coefficient (Wildman–Crippen LogP) is 1.02. The minimum atomic E-state index is -1.98. The summed E-state index contributed by atoms with van der Waals surface area (Å²) in [6.45, 7) is 2.57. The molecule has 12 nitrogen and oxygen atoms in total. The van der Waals surface area contributed by atoms with Crippen LogP contribution in [0.3, 0.4) is 0 Å². The van der Waals surface area contributed by atoms with Gasteiger partial charge in [-0.15, -0.1) is 0 Å². The number of aromatic nitrogens is 2. The van der Waals surface area contributed by atoms with E-state index in [1.54, 1.807) is 31.9 Å². The van der Waals surface area contributed by atoms with Gasteiger partial charge in [0.05, 0.1) is 41.6 Å². The number of esters is 1. The summed E-state index contributed by atoms with van der Waals surface area (Å²) in [7, 11) is 1.66. The van der Waals surface area contributed by atoms with Crippen LogP contribution in [0.25, 0.3) is 22.3 Å². The number of hydrogen-bond acceptors (Lipinski definition) is 9. The molecular weight excluding hydrogens is 561 g/mol. The first-order valence-electron chi connectivity index (χ1n) is 14.1. The van der Waals surface area contributed by atoms with Gasteiger partial charge < -0.3 is 35.1 Å². The number of rotatable bonds is 7. The highest BCUT2D eigenvalue weighted by Gasteiger charge is 2.46. The second-order valence-electron chi connectivity index (χ2n) is 11.2. The number of fused-ring (bicyclic) bond motifs is 5. The Hall–Kier alpha value is -4.20. The van der Waals surface area contributed by atoms with Gasteiger partial charge in [0, 0.05) is 29.6 Å². The topological polar surface area (TPSA) is 166 Å². The van der Waals surface area contributed by atoms with Crippen molar-refractivity contribution in [3.05, 3.63) is 61.7 Å². The lowest BCUT2D eigenvalue weighted by molar-refractivity contribution is -0.172. The van der Waals surface area contributed by atoms with Crippen LogP contribution < -0.4 is 16.6 Å². The van der Waals surface area contributed by atoms with Crippen LogP contribution in [0, 0.1) is 12.7 Å². The zero-order valence-corrected chi connectivity index (χ0v) is 24.1. The number of amides is 2. The fraction of sp³-hybridized carbons (Fsp3) is 0.433. The molecule has 0 saturated carbocycles. The van der Waals surface area contributed by atoms with Gasteiger partial charge in [-0.1, -0.05) is 6.92 Å². The molecule has 0 unspecified atom stereocenters. The highest BCUT2D eigenvalue weighted by molar-refractivity contribution is 5.94. The monoisotopic (exact) mass is 593 g/mol. The lowest BCUT2D eigenvalue weighted by atomic mass is 9.81. The molecular formula is C30H32FN5O7. The van der Waals surface area contributed by atoms with E-state index >= 15 is 4.39 Å². The number of nitrogens with one attached hydrogen (secondary N) is 1. The lowest BCUT2D eigenvalue weighted by Crippen LogP contribution is -2.44. The van der Waals surface area contributed by atoms with E-state index in [1.165, 1.54) is 10.6 Å². The summed E-state index contributed by atoms with van der Waals surface area (Å²) < 4.78 is 27.2. The molecule has 226 valence electrons. The molecule has 2 atom stereocenters. The number of benzene rings is 1. The Morgan fingerprint density at radius 2 is 2.07 bits per heavy atom. The molecule has 1 aromatic carbocycles. The van der Waals surface area contributed by atoms with Crippen LogP contribution in [-0.2, 0) is 49.0 Å². The molecule has 3 aromatic rings. The molecule has 13 heteroatoms. The average Bonchev–Trinajstić information content (AvgIpc) is 3.38. The van der Waals surface area contributed by atoms with Crippen molar-refractivity contribution in [3.8, 4) is 11.4 Å². The minimum absolute atomic E-state index is 0.00574. The maximum absolute atomic E-state index is 15.1. The van der Waals surface area contributed by atoms with Crippen LogP contribution >= 0.6 is 0 Å². The van der Waals surface area contributed by atoms with E-state index < -0.39 is 34.9 Å². The highest BCUT2D eigenvalue weighted by atomic mass is 19.1. The molecule has 0 spiro atoms. The number of likely N-dealkylation sites (N-methyl/N-ethyl adjacent to an activating group) is 1. The number of hydrogen-bond donors (Lipinski definition) is 3. The van der Waals surface area contributed by atoms with Crippen molar-refractivity contribution in [2.45, 2.75) is 57.9 Å². The largest absolute Gasteiger partial charge is 0.458 e. The van der Waals surface area contributed by atoms with Gasteiger partial charge in [0.1, 0.15) is 25.8 Å². The van der Waals surface area contributed by atoms with Gasteiger partial charge in [-0.25, -0.2) is 14.2 Å². The van der Waals surface area contributed by atoms with Gasteiger partial charge in [-0.2, -0.15) is 0 Å². The number of carbonyl (C=O) groups excluding carboxylic acids is 3. The maximum atomic E-state index is 15.1. The third-order valence-corrected chi connectivity index (χ3v) is 8.99. The van der Waals surface area contributed by atoms with E-state index in [4.69, 9.17) is 20.2 Å². The molecule has 0 fully saturated rings. The number of ether oxygens (including phenoxy) is 2. The zero-order chi connectivity index (χ0) is 30.8. The molecule has 0 bridgehead atoms. The average molecular weight is 594 g/mol. The third-order valence-electron chi connectivity index (χ3n) is 8.99. The molecule has 0 radical (unpaired) electrons. The number of cyclic esters (lactones) is 1. The summed E-state index contributed by atoms with van der Waals surface area (Å²) in [5.41, 5.74) is 7.30. The standard InChI is InChI=1S/C30H32FN5O7/c1-4-30(41)18-7-22-27-16(10-36(22)28(39)17(18)11-43-29(30)40)26-21(35(3)24(38)12-42-13-33-23(37)9-32)6-5-15-14(2)19(31)8-20(34-27)25(15)26/h7-8,21,41H,4-6,9-13,32H2,1-3H3,(H,33,37)/t21-,30-/m0/s1. The molecule has 0 saturated heterocycles. The van der Waals surface area contributed by atoms with E-state index in [0.717, 1.165) is 16.5 Å². The van der Waals surface area contributed by atoms with Crippen molar-refractivity contribution >= 4 is 28.7 Å². The molecule has 1 aliphatic carbocycles. The first-order chi connectivity index (χ1) is 20.5. The van der Waals surface area contributed by atoms with E-state index in [9.17, 15) is 24.3 Å². The van der Waals surface area contributed by atoms with E-state index in [-0.39, 0.29) is 56.5 Å². The number of carbonyl (C=O) groups is 3. The van der Waals surface area contributed by atoms with E-state index in [0.29, 0.717) is 40.9 Å². The van der Waals surface area contributed by atoms with Gasteiger partial charge in [0.2, 0.25) is 11.8 Å². The third kappa shape index (κ3) is 4.33. The fourth-order valence-corrected chi connectivity index (χ4v) is 6.54. The Labute approximate surface area is 245 Å². The van der Waals surface area contributed by atoms with Gasteiger partial charge in [-0.05, 0) is 48.9 Å². The molecule has 4 N–H and O–H groups in total. The van der Waals surface area contributed by atoms with Crippen molar-refractivity contribution < 1.29 is 33.4 Å². The normalized spacial score (nSPS) is 19.9. The molecule has 2 aliphatic heterocycles. The number of nitrogens with zero attached hydrogens (tertiary/aromatic N) is 3. The van der Waals surface area contributed by atoms with Crippen LogP contribution in [0.4, 0.5) is 4.39 Å². The summed E-state index contributed by atoms with van der Waals surface area (Å²) in [6, 6.07) is 2.53. The Bertz CT molecular complexity index is 1790. The second kappa shape index (κ2) is 10.5. The quantitative estimate of drug-likeness (QED) is 0.161. The Kier molecular flexibility index (Phi) is 7.06. The van der Waals surface area contributed by atoms with Crippen molar-refractivity contribution in [2.24, 2.45) is 5.73 Å². The fourth-order valence-electron chi connectivity index (χ4n) is 6.54. The first kappa shape index (κ1) is 28.9. The number of nitrogens with two attached hydrogens (primary N) is 1. The van der Waals surface area contributed by atoms with Crippen molar-refractivity contribution in [1.82, 2.24) is 19.8 Å². The molecule has 4 heterocycles. The summed E-state index contributed by atoms with van der Waals surface area (Å²) in [5.74, 6) is -1.97. The van der Waals surface area contributed by atoms with Crippen molar-refractivity contribution in [1.29, 1.82) is 0 Å². The minimum Gasteiger partial charge on any atom is -0.458 e. The van der Waals surface area contributed by atoms with Gasteiger partial charge >= 0.3 is 5.97 Å². The predicted molar refractivity (Wildman–Crippen MR) is 151 cm³/mol. The molecule has 43 heavy (non-hydrogen) atoms. The SMILES string of the molecule is CC[C@@]1(O)C(=O)OCc2c1cc1n(c2=O)Cc2c-1nc1cc(F)c(C)c3c1c2[C@@H](N(C)C(=O)COCNC(=O)CN)CC3. The summed E-state index contributed by atoms with van der Waals surface area (Å²) in [6.07, 6.45) is 1.01. The van der Waals surface area contributed by atoms with E-state index in [1.807, 2.05) is 0 Å². The molecule has 3 aliphatic rings. The Balaban J connectivity index is 1.48. The molecule has 2 amide bonds. The van der Waals surface area contributed by atoms with Crippen LogP contribution in [0.1, 0.15) is 59.2 Å². The zero-order valence-electron chi connectivity index (χ0n) is 24.1. The summed E-state index contributed by atoms with van der Waals surface area (Å²) >= 11 is 0. The van der Waals surface area contributed by atoms with Crippen molar-refractivity contribution in [2.75, 3.05) is 26.9 Å². The number of aliphatic hydroxyl groups is 1. The number of aryl methyl sites for hydroxylation is 1. The van der Waals surface area contributed by atoms with Crippen LogP contribution in [0.2, 0.25) is 0 Å². The summed E-state index contributed by atoms with van der Waals surface area (Å²) in [5, 5.41) is 14.4. The maximum Gasteiger partial charge on any atom is 0.343 e. The van der Waals surface area contributed by atoms with Crippen LogP contribution in [-0.4, -0.2) is 64.3 Å².